The Balaban J connectivity index is 0.00000121. The Morgan fingerprint density at radius 2 is 1.88 bits per heavy atom. The van der Waals surface area contributed by atoms with Gasteiger partial charge in [0.15, 0.2) is 0 Å². The lowest BCUT2D eigenvalue weighted by Crippen LogP contribution is -2.26. The Bertz CT molecular complexity index is 747. The molecular formula is C20H25Cl2N3O. The van der Waals surface area contributed by atoms with Crippen molar-refractivity contribution >= 4 is 42.1 Å². The third kappa shape index (κ3) is 4.32. The fourth-order valence-electron chi connectivity index (χ4n) is 3.67. The summed E-state index contributed by atoms with van der Waals surface area (Å²) in [6, 6.07) is 16.8. The maximum atomic E-state index is 12.4. The van der Waals surface area contributed by atoms with Gasteiger partial charge in [0.25, 0.3) is 0 Å². The molecule has 2 aliphatic heterocycles. The van der Waals surface area contributed by atoms with Crippen LogP contribution in [0.3, 0.4) is 0 Å². The van der Waals surface area contributed by atoms with Gasteiger partial charge in [-0.25, -0.2) is 0 Å². The number of carbonyl (C=O) groups is 1. The van der Waals surface area contributed by atoms with Crippen molar-refractivity contribution in [3.63, 3.8) is 0 Å². The van der Waals surface area contributed by atoms with Gasteiger partial charge in [-0.05, 0) is 42.6 Å². The first-order chi connectivity index (χ1) is 11.8. The highest BCUT2D eigenvalue weighted by atomic mass is 35.5. The molecule has 26 heavy (non-hydrogen) atoms. The van der Waals surface area contributed by atoms with Gasteiger partial charge in [-0.2, -0.15) is 0 Å². The molecule has 6 heteroatoms. The summed E-state index contributed by atoms with van der Waals surface area (Å²) in [6.45, 7) is 3.59. The van der Waals surface area contributed by atoms with Crippen molar-refractivity contribution in [3.8, 4) is 0 Å². The van der Waals surface area contributed by atoms with Crippen molar-refractivity contribution in [1.82, 2.24) is 5.32 Å². The highest BCUT2D eigenvalue weighted by Crippen LogP contribution is 2.30. The largest absolute Gasteiger partial charge is 0.367 e. The van der Waals surface area contributed by atoms with E-state index in [0.29, 0.717) is 0 Å². The number of hydrogen-bond donors (Lipinski definition) is 2. The number of hydrogen-bond acceptors (Lipinski definition) is 3. The summed E-state index contributed by atoms with van der Waals surface area (Å²) in [5.74, 6) is 0.222. The average Bonchev–Trinajstić information content (AvgIpc) is 3.27. The second-order valence-electron chi connectivity index (χ2n) is 6.64. The lowest BCUT2D eigenvalue weighted by molar-refractivity contribution is -0.119. The molecule has 0 aliphatic carbocycles. The van der Waals surface area contributed by atoms with Gasteiger partial charge in [0.1, 0.15) is 0 Å². The molecule has 0 saturated carbocycles. The first kappa shape index (κ1) is 20.6. The molecule has 2 aromatic rings. The summed E-state index contributed by atoms with van der Waals surface area (Å²) in [7, 11) is 0. The Kier molecular flexibility index (Phi) is 7.33. The van der Waals surface area contributed by atoms with E-state index in [0.717, 1.165) is 44.7 Å². The Hall–Kier alpha value is -1.75. The number of rotatable bonds is 4. The van der Waals surface area contributed by atoms with E-state index >= 15 is 0 Å². The summed E-state index contributed by atoms with van der Waals surface area (Å²) in [5.41, 5.74) is 4.85. The van der Waals surface area contributed by atoms with Crippen LogP contribution in [0.2, 0.25) is 0 Å². The van der Waals surface area contributed by atoms with Crippen molar-refractivity contribution in [1.29, 1.82) is 0 Å². The minimum atomic E-state index is 0. The molecule has 0 radical (unpaired) electrons. The van der Waals surface area contributed by atoms with E-state index in [9.17, 15) is 4.79 Å². The van der Waals surface area contributed by atoms with Gasteiger partial charge in [-0.15, -0.1) is 24.8 Å². The molecule has 0 bridgehead atoms. The van der Waals surface area contributed by atoms with Crippen LogP contribution in [0.5, 0.6) is 0 Å². The molecule has 2 heterocycles. The second-order valence-corrected chi connectivity index (χ2v) is 6.64. The highest BCUT2D eigenvalue weighted by Gasteiger charge is 2.24. The zero-order valence-corrected chi connectivity index (χ0v) is 16.2. The second kappa shape index (κ2) is 9.26. The van der Waals surface area contributed by atoms with E-state index in [1.54, 1.807) is 0 Å². The van der Waals surface area contributed by atoms with Crippen LogP contribution in [-0.2, 0) is 17.8 Å². The molecule has 2 aromatic carbocycles. The van der Waals surface area contributed by atoms with Crippen molar-refractivity contribution in [2.24, 2.45) is 5.92 Å². The standard InChI is InChI=1S/C20H23N3O.2ClH/c24-20(16-9-11-21-13-16)22-18-7-3-1-6-17(18)14-23-12-10-15-5-2-4-8-19(15)23;;/h1-8,16,21H,9-14H2,(H,22,24);2*1H. The van der Waals surface area contributed by atoms with Gasteiger partial charge in [-0.3, -0.25) is 4.79 Å². The predicted molar refractivity (Wildman–Crippen MR) is 112 cm³/mol. The van der Waals surface area contributed by atoms with Crippen LogP contribution >= 0.6 is 24.8 Å². The molecule has 1 amide bonds. The molecule has 1 unspecified atom stereocenters. The van der Waals surface area contributed by atoms with E-state index in [-0.39, 0.29) is 36.6 Å². The zero-order valence-electron chi connectivity index (χ0n) is 14.6. The first-order valence-electron chi connectivity index (χ1n) is 8.73. The molecule has 4 nitrogen and oxygen atoms in total. The van der Waals surface area contributed by atoms with Crippen LogP contribution in [0, 0.1) is 5.92 Å². The summed E-state index contributed by atoms with van der Waals surface area (Å²) in [6.07, 6.45) is 2.02. The molecule has 1 fully saturated rings. The normalized spacial score (nSPS) is 17.8. The molecule has 0 aromatic heterocycles. The lowest BCUT2D eigenvalue weighted by Gasteiger charge is -2.22. The molecule has 2 aliphatic rings. The minimum Gasteiger partial charge on any atom is -0.367 e. The summed E-state index contributed by atoms with van der Waals surface area (Å²) < 4.78 is 0. The van der Waals surface area contributed by atoms with E-state index < -0.39 is 0 Å². The van der Waals surface area contributed by atoms with Gasteiger partial charge >= 0.3 is 0 Å². The third-order valence-corrected chi connectivity index (χ3v) is 5.05. The van der Waals surface area contributed by atoms with Crippen LogP contribution in [0.25, 0.3) is 0 Å². The maximum Gasteiger partial charge on any atom is 0.228 e. The molecule has 140 valence electrons. The summed E-state index contributed by atoms with van der Waals surface area (Å²) in [4.78, 5) is 14.8. The topological polar surface area (TPSA) is 44.4 Å². The molecule has 4 rings (SSSR count). The van der Waals surface area contributed by atoms with E-state index in [2.05, 4.69) is 45.9 Å². The Labute approximate surface area is 167 Å². The summed E-state index contributed by atoms with van der Waals surface area (Å²) >= 11 is 0. The number of carbonyl (C=O) groups excluding carboxylic acids is 1. The monoisotopic (exact) mass is 393 g/mol. The smallest absolute Gasteiger partial charge is 0.228 e. The van der Waals surface area contributed by atoms with E-state index in [4.69, 9.17) is 0 Å². The van der Waals surface area contributed by atoms with Crippen LogP contribution in [0.4, 0.5) is 11.4 Å². The Morgan fingerprint density at radius 1 is 1.12 bits per heavy atom. The number of halogens is 2. The zero-order chi connectivity index (χ0) is 16.4. The van der Waals surface area contributed by atoms with Crippen LogP contribution in [0.1, 0.15) is 17.5 Å². The number of para-hydroxylation sites is 2. The first-order valence-corrected chi connectivity index (χ1v) is 8.73. The number of benzene rings is 2. The van der Waals surface area contributed by atoms with Gasteiger partial charge in [0, 0.05) is 31.0 Å². The highest BCUT2D eigenvalue weighted by molar-refractivity contribution is 5.93. The Morgan fingerprint density at radius 3 is 2.69 bits per heavy atom. The van der Waals surface area contributed by atoms with Crippen molar-refractivity contribution < 1.29 is 4.79 Å². The third-order valence-electron chi connectivity index (χ3n) is 5.05. The fraction of sp³-hybridized carbons (Fsp3) is 0.350. The van der Waals surface area contributed by atoms with E-state index in [1.165, 1.54) is 16.8 Å². The predicted octanol–water partition coefficient (Wildman–Crippen LogP) is 3.64. The number of nitrogens with one attached hydrogen (secondary N) is 2. The number of fused-ring (bicyclic) bond motifs is 1. The van der Waals surface area contributed by atoms with E-state index in [1.807, 2.05) is 18.2 Å². The van der Waals surface area contributed by atoms with Gasteiger partial charge < -0.3 is 15.5 Å². The number of anilines is 2. The quantitative estimate of drug-likeness (QED) is 0.832. The maximum absolute atomic E-state index is 12.4. The SMILES string of the molecule is Cl.Cl.O=C(Nc1ccccc1CN1CCc2ccccc21)C1CCNC1. The molecule has 1 saturated heterocycles. The molecule has 1 atom stereocenters. The van der Waals surface area contributed by atoms with Crippen LogP contribution < -0.4 is 15.5 Å². The average molecular weight is 394 g/mol. The minimum absolute atomic E-state index is 0. The van der Waals surface area contributed by atoms with Crippen LogP contribution in [-0.4, -0.2) is 25.5 Å². The number of amides is 1. The summed E-state index contributed by atoms with van der Waals surface area (Å²) in [5, 5.41) is 6.40. The molecular weight excluding hydrogens is 369 g/mol. The van der Waals surface area contributed by atoms with Crippen molar-refractivity contribution in [3.05, 3.63) is 59.7 Å². The van der Waals surface area contributed by atoms with Gasteiger partial charge in [0.05, 0.1) is 5.92 Å². The molecule has 2 N–H and O–H groups in total. The van der Waals surface area contributed by atoms with Crippen molar-refractivity contribution in [2.75, 3.05) is 29.9 Å². The van der Waals surface area contributed by atoms with Crippen molar-refractivity contribution in [2.45, 2.75) is 19.4 Å². The number of nitrogens with zero attached hydrogens (tertiary/aromatic N) is 1. The fourth-order valence-corrected chi connectivity index (χ4v) is 3.67. The molecule has 0 spiro atoms. The van der Waals surface area contributed by atoms with Gasteiger partial charge in [0.2, 0.25) is 5.91 Å². The van der Waals surface area contributed by atoms with Crippen LogP contribution in [0.15, 0.2) is 48.5 Å². The van der Waals surface area contributed by atoms with Gasteiger partial charge in [-0.1, -0.05) is 36.4 Å². The lowest BCUT2D eigenvalue weighted by atomic mass is 10.1.